The molecule has 1 N–H and O–H groups in total. The smallest absolute Gasteiger partial charge is 0.0464 e. The van der Waals surface area contributed by atoms with Gasteiger partial charge in [0, 0.05) is 22.1 Å². The van der Waals surface area contributed by atoms with E-state index in [0.717, 1.165) is 11.4 Å². The van der Waals surface area contributed by atoms with Crippen LogP contribution in [0.4, 0.5) is 11.4 Å². The zero-order valence-electron chi connectivity index (χ0n) is 16.9. The van der Waals surface area contributed by atoms with Crippen LogP contribution in [0.15, 0.2) is 109 Å². The van der Waals surface area contributed by atoms with Gasteiger partial charge in [-0.25, -0.2) is 0 Å². The Bertz CT molecular complexity index is 1740. The zero-order chi connectivity index (χ0) is 20.4. The number of benzene rings is 7. The lowest BCUT2D eigenvalue weighted by atomic mass is 9.93. The van der Waals surface area contributed by atoms with Crippen molar-refractivity contribution in [1.29, 1.82) is 0 Å². The van der Waals surface area contributed by atoms with Crippen LogP contribution in [-0.4, -0.2) is 0 Å². The predicted octanol–water partition coefficient (Wildman–Crippen LogP) is 8.63. The van der Waals surface area contributed by atoms with Crippen molar-refractivity contribution < 1.29 is 0 Å². The molecule has 0 radical (unpaired) electrons. The molecule has 0 aliphatic heterocycles. The molecule has 1 nitrogen and oxygen atoms in total. The largest absolute Gasteiger partial charge is 0.355 e. The molecule has 7 rings (SSSR count). The van der Waals surface area contributed by atoms with Crippen molar-refractivity contribution in [2.24, 2.45) is 0 Å². The number of anilines is 2. The second-order valence-corrected chi connectivity index (χ2v) is 8.32. The predicted molar refractivity (Wildman–Crippen MR) is 135 cm³/mol. The van der Waals surface area contributed by atoms with Gasteiger partial charge in [-0.3, -0.25) is 0 Å². The van der Waals surface area contributed by atoms with Crippen molar-refractivity contribution in [3.63, 3.8) is 0 Å². The minimum absolute atomic E-state index is 1.14. The molecule has 144 valence electrons. The molecule has 0 heterocycles. The highest BCUT2D eigenvalue weighted by molar-refractivity contribution is 6.25. The van der Waals surface area contributed by atoms with Crippen molar-refractivity contribution >= 4 is 65.2 Å². The van der Waals surface area contributed by atoms with Gasteiger partial charge in [-0.2, -0.15) is 0 Å². The van der Waals surface area contributed by atoms with Crippen molar-refractivity contribution in [1.82, 2.24) is 0 Å². The van der Waals surface area contributed by atoms with Gasteiger partial charge in [0.1, 0.15) is 0 Å². The minimum atomic E-state index is 1.14. The van der Waals surface area contributed by atoms with Crippen molar-refractivity contribution in [3.8, 4) is 0 Å². The van der Waals surface area contributed by atoms with Crippen LogP contribution in [0, 0.1) is 0 Å². The number of hydrogen-bond donors (Lipinski definition) is 1. The Morgan fingerprint density at radius 1 is 0.355 bits per heavy atom. The van der Waals surface area contributed by atoms with E-state index >= 15 is 0 Å². The quantitative estimate of drug-likeness (QED) is 0.229. The first-order valence-corrected chi connectivity index (χ1v) is 10.7. The third-order valence-corrected chi connectivity index (χ3v) is 6.54. The third kappa shape index (κ3) is 2.44. The average molecular weight is 393 g/mol. The molecule has 0 amide bonds. The monoisotopic (exact) mass is 393 g/mol. The fraction of sp³-hybridized carbons (Fsp3) is 0. The molecule has 0 fully saturated rings. The Labute approximate surface area is 179 Å². The van der Waals surface area contributed by atoms with Gasteiger partial charge in [-0.1, -0.05) is 84.9 Å². The summed E-state index contributed by atoms with van der Waals surface area (Å²) in [5.41, 5.74) is 2.28. The summed E-state index contributed by atoms with van der Waals surface area (Å²) in [4.78, 5) is 0. The molecule has 0 saturated heterocycles. The first kappa shape index (κ1) is 16.7. The van der Waals surface area contributed by atoms with Gasteiger partial charge in [-0.05, 0) is 67.4 Å². The summed E-state index contributed by atoms with van der Waals surface area (Å²) >= 11 is 0. The van der Waals surface area contributed by atoms with E-state index in [1.807, 2.05) is 0 Å². The SMILES string of the molecule is c1ccc2cc3c(Nc4ccc5ccc6cccc7ccc4c5c67)cccc3cc2c1. The lowest BCUT2D eigenvalue weighted by Crippen LogP contribution is -1.94. The van der Waals surface area contributed by atoms with Crippen LogP contribution in [0.1, 0.15) is 0 Å². The number of nitrogens with one attached hydrogen (secondary N) is 1. The maximum atomic E-state index is 3.77. The normalized spacial score (nSPS) is 11.9. The highest BCUT2D eigenvalue weighted by Crippen LogP contribution is 2.39. The Balaban J connectivity index is 1.48. The maximum absolute atomic E-state index is 3.77. The summed E-state index contributed by atoms with van der Waals surface area (Å²) < 4.78 is 0. The number of hydrogen-bond acceptors (Lipinski definition) is 1. The van der Waals surface area contributed by atoms with Gasteiger partial charge in [0.15, 0.2) is 0 Å². The molecule has 0 atom stereocenters. The molecule has 0 unspecified atom stereocenters. The van der Waals surface area contributed by atoms with Crippen LogP contribution in [0.2, 0.25) is 0 Å². The van der Waals surface area contributed by atoms with Gasteiger partial charge in [-0.15, -0.1) is 0 Å². The standard InChI is InChI=1S/C30H19N/c1-2-6-23-18-26-24(17-22(23)5-1)9-4-10-27(26)31-28-16-14-21-12-11-19-7-3-8-20-13-15-25(28)30(21)29(19)20/h1-18,31H. The van der Waals surface area contributed by atoms with Crippen LogP contribution >= 0.6 is 0 Å². The van der Waals surface area contributed by atoms with E-state index in [9.17, 15) is 0 Å². The lowest BCUT2D eigenvalue weighted by molar-refractivity contribution is 1.62. The molecule has 0 bridgehead atoms. The Morgan fingerprint density at radius 3 is 1.77 bits per heavy atom. The van der Waals surface area contributed by atoms with Crippen LogP contribution < -0.4 is 5.32 Å². The van der Waals surface area contributed by atoms with Gasteiger partial charge in [0.25, 0.3) is 0 Å². The molecule has 1 heteroatoms. The van der Waals surface area contributed by atoms with Gasteiger partial charge in [0.2, 0.25) is 0 Å². The van der Waals surface area contributed by atoms with E-state index in [0.29, 0.717) is 0 Å². The summed E-state index contributed by atoms with van der Waals surface area (Å²) in [7, 11) is 0. The second-order valence-electron chi connectivity index (χ2n) is 8.32. The second kappa shape index (κ2) is 6.20. The van der Waals surface area contributed by atoms with Crippen LogP contribution in [-0.2, 0) is 0 Å². The number of fused-ring (bicyclic) bond motifs is 2. The lowest BCUT2D eigenvalue weighted by Gasteiger charge is -2.16. The fourth-order valence-electron chi connectivity index (χ4n) is 5.07. The van der Waals surface area contributed by atoms with Crippen LogP contribution in [0.5, 0.6) is 0 Å². The molecule has 0 aliphatic rings. The topological polar surface area (TPSA) is 12.0 Å². The molecule has 0 saturated carbocycles. The molecular formula is C30H19N. The van der Waals surface area contributed by atoms with Crippen molar-refractivity contribution in [2.45, 2.75) is 0 Å². The molecule has 0 aliphatic carbocycles. The summed E-state index contributed by atoms with van der Waals surface area (Å²) in [5.74, 6) is 0. The first-order chi connectivity index (χ1) is 15.3. The molecular weight excluding hydrogens is 374 g/mol. The Hall–Kier alpha value is -4.10. The molecule has 0 aromatic heterocycles. The summed E-state index contributed by atoms with van der Waals surface area (Å²) in [6, 6.07) is 39.6. The van der Waals surface area contributed by atoms with Crippen molar-refractivity contribution in [3.05, 3.63) is 109 Å². The summed E-state index contributed by atoms with van der Waals surface area (Å²) in [5, 5.41) is 16.6. The zero-order valence-corrected chi connectivity index (χ0v) is 16.9. The van der Waals surface area contributed by atoms with E-state index in [1.54, 1.807) is 0 Å². The van der Waals surface area contributed by atoms with Gasteiger partial charge in [0.05, 0.1) is 0 Å². The van der Waals surface area contributed by atoms with Gasteiger partial charge >= 0.3 is 0 Å². The average Bonchev–Trinajstić information content (AvgIpc) is 2.82. The molecule has 0 spiro atoms. The van der Waals surface area contributed by atoms with E-state index in [1.165, 1.54) is 53.9 Å². The van der Waals surface area contributed by atoms with Crippen molar-refractivity contribution in [2.75, 3.05) is 5.32 Å². The molecule has 31 heavy (non-hydrogen) atoms. The highest BCUT2D eigenvalue weighted by Gasteiger charge is 2.12. The maximum Gasteiger partial charge on any atom is 0.0464 e. The van der Waals surface area contributed by atoms with Gasteiger partial charge < -0.3 is 5.32 Å². The van der Waals surface area contributed by atoms with E-state index in [-0.39, 0.29) is 0 Å². The van der Waals surface area contributed by atoms with Crippen LogP contribution in [0.25, 0.3) is 53.9 Å². The molecule has 7 aromatic rings. The third-order valence-electron chi connectivity index (χ3n) is 6.54. The van der Waals surface area contributed by atoms with Crippen LogP contribution in [0.3, 0.4) is 0 Å². The Kier molecular flexibility index (Phi) is 3.33. The summed E-state index contributed by atoms with van der Waals surface area (Å²) in [6.07, 6.45) is 0. The van der Waals surface area contributed by atoms with E-state index in [4.69, 9.17) is 0 Å². The fourth-order valence-corrected chi connectivity index (χ4v) is 5.07. The first-order valence-electron chi connectivity index (χ1n) is 10.7. The number of rotatable bonds is 2. The Morgan fingerprint density at radius 2 is 0.935 bits per heavy atom. The highest BCUT2D eigenvalue weighted by atomic mass is 14.9. The minimum Gasteiger partial charge on any atom is -0.355 e. The molecule has 7 aromatic carbocycles. The summed E-state index contributed by atoms with van der Waals surface area (Å²) in [6.45, 7) is 0. The van der Waals surface area contributed by atoms with E-state index < -0.39 is 0 Å². The van der Waals surface area contributed by atoms with E-state index in [2.05, 4.69) is 115 Å².